The number of ketones is 1. The van der Waals surface area contributed by atoms with Crippen LogP contribution >= 0.6 is 0 Å². The van der Waals surface area contributed by atoms with Gasteiger partial charge < -0.3 is 0 Å². The van der Waals surface area contributed by atoms with Crippen molar-refractivity contribution in [2.75, 3.05) is 6.61 Å². The Kier molecular flexibility index (Phi) is 4.47. The predicted octanol–water partition coefficient (Wildman–Crippen LogP) is 0.119. The first-order valence-electron chi connectivity index (χ1n) is 2.42. The van der Waals surface area contributed by atoms with Gasteiger partial charge in [-0.15, -0.1) is 0 Å². The first-order valence-corrected chi connectivity index (χ1v) is 3.45. The molecule has 0 aliphatic carbocycles. The maximum absolute atomic E-state index is 10.3. The van der Waals surface area contributed by atoms with Crippen molar-refractivity contribution in [3.8, 4) is 0 Å². The van der Waals surface area contributed by atoms with Crippen molar-refractivity contribution in [1.29, 1.82) is 0 Å². The molecule has 1 unspecified atom stereocenters. The second-order valence-corrected chi connectivity index (χ2v) is 2.04. The Morgan fingerprint density at radius 3 is 2.67 bits per heavy atom. The van der Waals surface area contributed by atoms with Crippen LogP contribution in [-0.4, -0.2) is 21.2 Å². The van der Waals surface area contributed by atoms with E-state index in [1.54, 1.807) is 6.92 Å². The van der Waals surface area contributed by atoms with Crippen LogP contribution in [0, 0.1) is 0 Å². The molecule has 0 radical (unpaired) electrons. The van der Waals surface area contributed by atoms with Crippen molar-refractivity contribution >= 4 is 17.1 Å². The van der Waals surface area contributed by atoms with Crippen LogP contribution in [0.1, 0.15) is 13.3 Å². The molecular weight excluding hydrogens is 144 g/mol. The molecule has 0 aromatic carbocycles. The van der Waals surface area contributed by atoms with Gasteiger partial charge in [-0.25, -0.2) is 0 Å². The number of carbonyl (C=O) groups excluding carboxylic acids is 1. The van der Waals surface area contributed by atoms with E-state index in [2.05, 4.69) is 4.18 Å². The number of carbonyl (C=O) groups is 1. The largest absolute Gasteiger partial charge is 0.302 e. The minimum atomic E-state index is -2.31. The SMILES string of the molecule is CCC(=O)COS(=O)O. The molecule has 0 rings (SSSR count). The van der Waals surface area contributed by atoms with Crippen molar-refractivity contribution in [3.05, 3.63) is 0 Å². The predicted molar refractivity (Wildman–Crippen MR) is 32.0 cm³/mol. The normalized spacial score (nSPS) is 13.1. The van der Waals surface area contributed by atoms with Crippen LogP contribution in [0.2, 0.25) is 0 Å². The molecule has 0 aromatic rings. The highest BCUT2D eigenvalue weighted by Gasteiger charge is 1.99. The Bertz CT molecular complexity index is 122. The van der Waals surface area contributed by atoms with E-state index in [0.717, 1.165) is 0 Å². The molecule has 0 saturated heterocycles. The summed E-state index contributed by atoms with van der Waals surface area (Å²) in [5, 5.41) is 0. The van der Waals surface area contributed by atoms with E-state index in [-0.39, 0.29) is 12.4 Å². The van der Waals surface area contributed by atoms with Gasteiger partial charge in [-0.1, -0.05) is 6.92 Å². The maximum Gasteiger partial charge on any atom is 0.302 e. The molecule has 0 amide bonds. The zero-order valence-corrected chi connectivity index (χ0v) is 5.81. The minimum Gasteiger partial charge on any atom is -0.297 e. The lowest BCUT2D eigenvalue weighted by Crippen LogP contribution is -2.07. The average molecular weight is 152 g/mol. The van der Waals surface area contributed by atoms with Crippen LogP contribution in [-0.2, 0) is 20.3 Å². The summed E-state index contributed by atoms with van der Waals surface area (Å²) in [6.07, 6.45) is 0.331. The summed E-state index contributed by atoms with van der Waals surface area (Å²) in [7, 11) is 0. The first-order chi connectivity index (χ1) is 4.16. The summed E-state index contributed by atoms with van der Waals surface area (Å²) in [5.74, 6) is -0.183. The second kappa shape index (κ2) is 4.60. The monoisotopic (exact) mass is 152 g/mol. The molecule has 0 bridgehead atoms. The van der Waals surface area contributed by atoms with E-state index < -0.39 is 11.4 Å². The van der Waals surface area contributed by atoms with Gasteiger partial charge in [0, 0.05) is 6.42 Å². The third-order valence-corrected chi connectivity index (χ3v) is 1.03. The lowest BCUT2D eigenvalue weighted by molar-refractivity contribution is -0.120. The molecule has 0 aliphatic heterocycles. The Balaban J connectivity index is 3.28. The van der Waals surface area contributed by atoms with Gasteiger partial charge in [0.15, 0.2) is 5.78 Å². The summed E-state index contributed by atoms with van der Waals surface area (Å²) in [6, 6.07) is 0. The Labute approximate surface area is 55.7 Å². The number of hydrogen-bond donors (Lipinski definition) is 1. The van der Waals surface area contributed by atoms with Gasteiger partial charge >= 0.3 is 11.4 Å². The standard InChI is InChI=1S/C4H8O4S/c1-2-4(5)3-8-9(6)7/h2-3H2,1H3,(H,6,7). The summed E-state index contributed by atoms with van der Waals surface area (Å²) < 4.78 is 21.8. The van der Waals surface area contributed by atoms with Gasteiger partial charge in [0.2, 0.25) is 0 Å². The van der Waals surface area contributed by atoms with Crippen LogP contribution in [0.25, 0.3) is 0 Å². The molecule has 0 saturated carbocycles. The van der Waals surface area contributed by atoms with Crippen LogP contribution in [0.4, 0.5) is 0 Å². The van der Waals surface area contributed by atoms with Gasteiger partial charge in [0.25, 0.3) is 0 Å². The molecule has 0 spiro atoms. The van der Waals surface area contributed by atoms with E-state index in [1.165, 1.54) is 0 Å². The molecule has 0 aliphatic rings. The molecule has 1 atom stereocenters. The lowest BCUT2D eigenvalue weighted by Gasteiger charge is -1.92. The van der Waals surface area contributed by atoms with Gasteiger partial charge in [0.1, 0.15) is 6.61 Å². The Morgan fingerprint density at radius 1 is 1.78 bits per heavy atom. The molecule has 0 aromatic heterocycles. The smallest absolute Gasteiger partial charge is 0.297 e. The molecule has 1 N–H and O–H groups in total. The highest BCUT2D eigenvalue weighted by Crippen LogP contribution is 1.84. The van der Waals surface area contributed by atoms with Gasteiger partial charge in [-0.2, -0.15) is 4.21 Å². The first kappa shape index (κ1) is 8.74. The highest BCUT2D eigenvalue weighted by atomic mass is 32.2. The number of Topliss-reactive ketones (excluding diaryl/α,β-unsaturated/α-hetero) is 1. The molecule has 4 nitrogen and oxygen atoms in total. The van der Waals surface area contributed by atoms with Crippen LogP contribution < -0.4 is 0 Å². The molecule has 0 fully saturated rings. The van der Waals surface area contributed by atoms with Crippen LogP contribution in [0.15, 0.2) is 0 Å². The molecular formula is C4H8O4S. The summed E-state index contributed by atoms with van der Waals surface area (Å²) in [4.78, 5) is 10.3. The van der Waals surface area contributed by atoms with Crippen molar-refractivity contribution < 1.29 is 17.7 Å². The number of rotatable bonds is 4. The van der Waals surface area contributed by atoms with Gasteiger partial charge in [0.05, 0.1) is 0 Å². The van der Waals surface area contributed by atoms with Crippen LogP contribution in [0.3, 0.4) is 0 Å². The Hall–Kier alpha value is -0.260. The van der Waals surface area contributed by atoms with Crippen molar-refractivity contribution in [2.24, 2.45) is 0 Å². The fourth-order valence-electron chi connectivity index (χ4n) is 0.218. The van der Waals surface area contributed by atoms with E-state index in [1.807, 2.05) is 0 Å². The summed E-state index contributed by atoms with van der Waals surface area (Å²) >= 11 is -2.31. The van der Waals surface area contributed by atoms with Crippen LogP contribution in [0.5, 0.6) is 0 Å². The minimum absolute atomic E-state index is 0.183. The average Bonchev–Trinajstić information content (AvgIpc) is 1.83. The molecule has 0 heterocycles. The zero-order valence-electron chi connectivity index (χ0n) is 4.99. The summed E-state index contributed by atoms with van der Waals surface area (Å²) in [6.45, 7) is 1.38. The molecule has 54 valence electrons. The maximum atomic E-state index is 10.3. The van der Waals surface area contributed by atoms with E-state index in [4.69, 9.17) is 4.55 Å². The van der Waals surface area contributed by atoms with Gasteiger partial charge in [-0.3, -0.25) is 13.5 Å². The lowest BCUT2D eigenvalue weighted by atomic mass is 10.3. The van der Waals surface area contributed by atoms with Gasteiger partial charge in [-0.05, 0) is 0 Å². The van der Waals surface area contributed by atoms with Crippen molar-refractivity contribution in [1.82, 2.24) is 0 Å². The van der Waals surface area contributed by atoms with Crippen molar-refractivity contribution in [3.63, 3.8) is 0 Å². The fourth-order valence-corrected chi connectivity index (χ4v) is 0.450. The molecule has 5 heteroatoms. The Morgan fingerprint density at radius 2 is 2.33 bits per heavy atom. The third-order valence-electron chi connectivity index (χ3n) is 0.715. The highest BCUT2D eigenvalue weighted by molar-refractivity contribution is 7.74. The van der Waals surface area contributed by atoms with E-state index >= 15 is 0 Å². The summed E-state index contributed by atoms with van der Waals surface area (Å²) in [5.41, 5.74) is 0. The fraction of sp³-hybridized carbons (Fsp3) is 0.750. The van der Waals surface area contributed by atoms with E-state index in [0.29, 0.717) is 6.42 Å². The van der Waals surface area contributed by atoms with Crippen molar-refractivity contribution in [2.45, 2.75) is 13.3 Å². The topological polar surface area (TPSA) is 63.6 Å². The molecule has 9 heavy (non-hydrogen) atoms. The third kappa shape index (κ3) is 5.61. The second-order valence-electron chi connectivity index (χ2n) is 1.37. The number of hydrogen-bond acceptors (Lipinski definition) is 3. The zero-order chi connectivity index (χ0) is 7.28. The quantitative estimate of drug-likeness (QED) is 0.581. The van der Waals surface area contributed by atoms with E-state index in [9.17, 15) is 9.00 Å².